The van der Waals surface area contributed by atoms with Crippen molar-refractivity contribution in [3.05, 3.63) is 30.3 Å². The highest BCUT2D eigenvalue weighted by atomic mass is 16.5. The van der Waals surface area contributed by atoms with E-state index in [2.05, 4.69) is 6.92 Å². The lowest BCUT2D eigenvalue weighted by molar-refractivity contribution is -0.144. The van der Waals surface area contributed by atoms with Gasteiger partial charge in [-0.15, -0.1) is 0 Å². The van der Waals surface area contributed by atoms with Gasteiger partial charge in [0.2, 0.25) is 0 Å². The molecule has 18 heavy (non-hydrogen) atoms. The predicted octanol–water partition coefficient (Wildman–Crippen LogP) is 2.89. The lowest BCUT2D eigenvalue weighted by Gasteiger charge is -2.38. The van der Waals surface area contributed by atoms with E-state index in [9.17, 15) is 4.79 Å². The van der Waals surface area contributed by atoms with Gasteiger partial charge >= 0.3 is 5.97 Å². The summed E-state index contributed by atoms with van der Waals surface area (Å²) in [5.74, 6) is 0.537. The molecule has 0 radical (unpaired) electrons. The molecule has 0 heterocycles. The first-order valence-corrected chi connectivity index (χ1v) is 6.73. The van der Waals surface area contributed by atoms with E-state index in [0.717, 1.165) is 32.1 Å². The van der Waals surface area contributed by atoms with Crippen LogP contribution in [0.1, 0.15) is 39.0 Å². The standard InChI is InChI=1S/C15H21NO2/c1-2-12-8-6-7-11-15(12,16)14(17)18-13-9-4-3-5-10-13/h3-5,9-10,12H,2,6-8,11,16H2,1H3/t12-,15-/m0/s1. The number of rotatable bonds is 3. The quantitative estimate of drug-likeness (QED) is 0.660. The van der Waals surface area contributed by atoms with Gasteiger partial charge in [0.05, 0.1) is 0 Å². The van der Waals surface area contributed by atoms with E-state index in [1.807, 2.05) is 18.2 Å². The Morgan fingerprint density at radius 1 is 1.39 bits per heavy atom. The topological polar surface area (TPSA) is 52.3 Å². The van der Waals surface area contributed by atoms with Gasteiger partial charge in [0.15, 0.2) is 0 Å². The molecule has 2 N–H and O–H groups in total. The number of hydrogen-bond acceptors (Lipinski definition) is 3. The molecular formula is C15H21NO2. The van der Waals surface area contributed by atoms with Crippen molar-refractivity contribution in [1.82, 2.24) is 0 Å². The first kappa shape index (κ1) is 13.1. The summed E-state index contributed by atoms with van der Waals surface area (Å²) in [6.07, 6.45) is 4.86. The molecule has 0 bridgehead atoms. The molecule has 0 aromatic heterocycles. The summed E-state index contributed by atoms with van der Waals surface area (Å²) in [4.78, 5) is 12.3. The molecule has 0 spiro atoms. The van der Waals surface area contributed by atoms with Gasteiger partial charge in [-0.2, -0.15) is 0 Å². The number of benzene rings is 1. The van der Waals surface area contributed by atoms with Crippen LogP contribution in [0.4, 0.5) is 0 Å². The third-order valence-electron chi connectivity index (χ3n) is 3.95. The molecule has 0 amide bonds. The molecule has 1 fully saturated rings. The zero-order valence-corrected chi connectivity index (χ0v) is 10.9. The van der Waals surface area contributed by atoms with E-state index in [1.54, 1.807) is 12.1 Å². The van der Waals surface area contributed by atoms with Crippen LogP contribution in [0.25, 0.3) is 0 Å². The highest BCUT2D eigenvalue weighted by molar-refractivity contribution is 5.83. The fourth-order valence-corrected chi connectivity index (χ4v) is 2.80. The van der Waals surface area contributed by atoms with Gasteiger partial charge in [-0.05, 0) is 30.9 Å². The Morgan fingerprint density at radius 3 is 2.78 bits per heavy atom. The van der Waals surface area contributed by atoms with Crippen LogP contribution in [0.3, 0.4) is 0 Å². The lowest BCUT2D eigenvalue weighted by atomic mass is 9.72. The van der Waals surface area contributed by atoms with Crippen LogP contribution in [0.5, 0.6) is 5.75 Å². The number of ether oxygens (including phenoxy) is 1. The second kappa shape index (κ2) is 5.53. The summed E-state index contributed by atoms with van der Waals surface area (Å²) >= 11 is 0. The Balaban J connectivity index is 2.11. The van der Waals surface area contributed by atoms with Crippen LogP contribution >= 0.6 is 0 Å². The van der Waals surface area contributed by atoms with Crippen molar-refractivity contribution < 1.29 is 9.53 Å². The summed E-state index contributed by atoms with van der Waals surface area (Å²) in [7, 11) is 0. The number of para-hydroxylation sites is 1. The second-order valence-electron chi connectivity index (χ2n) is 5.09. The van der Waals surface area contributed by atoms with Crippen LogP contribution in [0.15, 0.2) is 30.3 Å². The monoisotopic (exact) mass is 247 g/mol. The van der Waals surface area contributed by atoms with Crippen LogP contribution in [0.2, 0.25) is 0 Å². The average Bonchev–Trinajstić information content (AvgIpc) is 2.40. The first-order chi connectivity index (χ1) is 8.66. The molecule has 2 atom stereocenters. The fourth-order valence-electron chi connectivity index (χ4n) is 2.80. The lowest BCUT2D eigenvalue weighted by Crippen LogP contribution is -2.57. The zero-order chi connectivity index (χ0) is 13.0. The second-order valence-corrected chi connectivity index (χ2v) is 5.09. The van der Waals surface area contributed by atoms with E-state index in [1.165, 1.54) is 0 Å². The molecule has 1 aromatic rings. The van der Waals surface area contributed by atoms with E-state index >= 15 is 0 Å². The van der Waals surface area contributed by atoms with Crippen LogP contribution in [0, 0.1) is 5.92 Å². The minimum atomic E-state index is -0.803. The van der Waals surface area contributed by atoms with Crippen LogP contribution in [-0.4, -0.2) is 11.5 Å². The molecule has 2 rings (SSSR count). The number of hydrogen-bond donors (Lipinski definition) is 1. The van der Waals surface area contributed by atoms with Gasteiger partial charge in [0.1, 0.15) is 11.3 Å². The normalized spacial score (nSPS) is 27.8. The van der Waals surface area contributed by atoms with Crippen molar-refractivity contribution >= 4 is 5.97 Å². The molecule has 1 saturated carbocycles. The smallest absolute Gasteiger partial charge is 0.331 e. The minimum Gasteiger partial charge on any atom is -0.425 e. The SMILES string of the molecule is CC[C@H]1CCCC[C@@]1(N)C(=O)Oc1ccccc1. The Labute approximate surface area is 108 Å². The molecule has 1 aliphatic rings. The van der Waals surface area contributed by atoms with Gasteiger partial charge in [-0.25, -0.2) is 4.79 Å². The van der Waals surface area contributed by atoms with Crippen molar-refractivity contribution in [2.24, 2.45) is 11.7 Å². The molecule has 0 aliphatic heterocycles. The van der Waals surface area contributed by atoms with Crippen LogP contribution in [-0.2, 0) is 4.79 Å². The summed E-state index contributed by atoms with van der Waals surface area (Å²) in [5, 5.41) is 0. The molecule has 3 heteroatoms. The summed E-state index contributed by atoms with van der Waals surface area (Å²) in [6, 6.07) is 9.16. The van der Waals surface area contributed by atoms with E-state index in [4.69, 9.17) is 10.5 Å². The molecule has 0 unspecified atom stereocenters. The summed E-state index contributed by atoms with van der Waals surface area (Å²) in [5.41, 5.74) is 5.53. The summed E-state index contributed by atoms with van der Waals surface area (Å²) in [6.45, 7) is 2.09. The summed E-state index contributed by atoms with van der Waals surface area (Å²) < 4.78 is 5.42. The molecular weight excluding hydrogens is 226 g/mol. The number of esters is 1. The predicted molar refractivity (Wildman–Crippen MR) is 71.2 cm³/mol. The fraction of sp³-hybridized carbons (Fsp3) is 0.533. The third-order valence-corrected chi connectivity index (χ3v) is 3.95. The van der Waals surface area contributed by atoms with Gasteiger partial charge < -0.3 is 10.5 Å². The van der Waals surface area contributed by atoms with Crippen molar-refractivity contribution in [2.45, 2.75) is 44.6 Å². The third kappa shape index (κ3) is 2.56. The number of nitrogens with two attached hydrogens (primary N) is 1. The maximum absolute atomic E-state index is 12.3. The van der Waals surface area contributed by atoms with E-state index in [0.29, 0.717) is 5.75 Å². The van der Waals surface area contributed by atoms with E-state index in [-0.39, 0.29) is 11.9 Å². The number of carbonyl (C=O) groups excluding carboxylic acids is 1. The largest absolute Gasteiger partial charge is 0.425 e. The molecule has 98 valence electrons. The van der Waals surface area contributed by atoms with Crippen molar-refractivity contribution in [2.75, 3.05) is 0 Å². The molecule has 1 aliphatic carbocycles. The van der Waals surface area contributed by atoms with Crippen molar-refractivity contribution in [3.8, 4) is 5.75 Å². The average molecular weight is 247 g/mol. The van der Waals surface area contributed by atoms with Crippen molar-refractivity contribution in [3.63, 3.8) is 0 Å². The Kier molecular flexibility index (Phi) is 4.02. The Bertz CT molecular complexity index is 404. The molecule has 1 aromatic carbocycles. The number of carbonyl (C=O) groups is 1. The maximum atomic E-state index is 12.3. The Hall–Kier alpha value is -1.35. The van der Waals surface area contributed by atoms with Gasteiger partial charge in [0, 0.05) is 0 Å². The highest BCUT2D eigenvalue weighted by Crippen LogP contribution is 2.35. The minimum absolute atomic E-state index is 0.238. The van der Waals surface area contributed by atoms with Crippen molar-refractivity contribution in [1.29, 1.82) is 0 Å². The van der Waals surface area contributed by atoms with Gasteiger partial charge in [-0.3, -0.25) is 0 Å². The highest BCUT2D eigenvalue weighted by Gasteiger charge is 2.44. The first-order valence-electron chi connectivity index (χ1n) is 6.73. The molecule has 0 saturated heterocycles. The van der Waals surface area contributed by atoms with Gasteiger partial charge in [0.25, 0.3) is 0 Å². The van der Waals surface area contributed by atoms with E-state index < -0.39 is 5.54 Å². The Morgan fingerprint density at radius 2 is 2.11 bits per heavy atom. The zero-order valence-electron chi connectivity index (χ0n) is 10.9. The maximum Gasteiger partial charge on any atom is 0.331 e. The molecule has 3 nitrogen and oxygen atoms in total. The van der Waals surface area contributed by atoms with Crippen LogP contribution < -0.4 is 10.5 Å². The van der Waals surface area contributed by atoms with Gasteiger partial charge in [-0.1, -0.05) is 44.4 Å².